The summed E-state index contributed by atoms with van der Waals surface area (Å²) < 4.78 is 10.7. The van der Waals surface area contributed by atoms with Crippen LogP contribution in [0.3, 0.4) is 0 Å². The monoisotopic (exact) mass is 397 g/mol. The smallest absolute Gasteiger partial charge is 0.341 e. The molecule has 0 fully saturated rings. The predicted octanol–water partition coefficient (Wildman–Crippen LogP) is 4.41. The van der Waals surface area contributed by atoms with Crippen molar-refractivity contribution in [2.24, 2.45) is 0 Å². The average molecular weight is 398 g/mol. The van der Waals surface area contributed by atoms with Gasteiger partial charge in [-0.25, -0.2) is 4.79 Å². The van der Waals surface area contributed by atoms with Gasteiger partial charge in [0.15, 0.2) is 10.4 Å². The number of methoxy groups -OCH3 is 1. The molecule has 0 spiro atoms. The van der Waals surface area contributed by atoms with Gasteiger partial charge in [0.05, 0.1) is 12.7 Å². The lowest BCUT2D eigenvalue weighted by atomic mass is 10.1. The molecule has 1 N–H and O–H groups in total. The van der Waals surface area contributed by atoms with E-state index >= 15 is 0 Å². The van der Waals surface area contributed by atoms with Gasteiger partial charge in [-0.3, -0.25) is 4.79 Å². The van der Waals surface area contributed by atoms with Crippen molar-refractivity contribution in [1.82, 2.24) is 0 Å². The SMILES string of the molecule is COC(=O)c1c(NC(=O)c2ccc(Br)o2)sc2c1CCCCC2. The van der Waals surface area contributed by atoms with Crippen molar-refractivity contribution in [3.63, 3.8) is 0 Å². The summed E-state index contributed by atoms with van der Waals surface area (Å²) in [6.07, 6.45) is 5.09. The minimum atomic E-state index is -0.402. The second-order valence-corrected chi connectivity index (χ2v) is 7.20. The van der Waals surface area contributed by atoms with Crippen LogP contribution in [0.15, 0.2) is 21.2 Å². The van der Waals surface area contributed by atoms with Crippen LogP contribution in [0.1, 0.15) is 50.6 Å². The van der Waals surface area contributed by atoms with E-state index in [2.05, 4.69) is 21.2 Å². The van der Waals surface area contributed by atoms with E-state index in [1.165, 1.54) is 23.3 Å². The van der Waals surface area contributed by atoms with Gasteiger partial charge in [-0.15, -0.1) is 11.3 Å². The molecule has 0 bridgehead atoms. The topological polar surface area (TPSA) is 68.5 Å². The van der Waals surface area contributed by atoms with Crippen molar-refractivity contribution in [1.29, 1.82) is 0 Å². The number of hydrogen-bond acceptors (Lipinski definition) is 5. The molecule has 0 unspecified atom stereocenters. The number of nitrogens with one attached hydrogen (secondary N) is 1. The van der Waals surface area contributed by atoms with E-state index in [0.717, 1.165) is 37.7 Å². The van der Waals surface area contributed by atoms with Crippen LogP contribution in [-0.4, -0.2) is 19.0 Å². The maximum Gasteiger partial charge on any atom is 0.341 e. The van der Waals surface area contributed by atoms with Crippen molar-refractivity contribution in [2.75, 3.05) is 12.4 Å². The highest BCUT2D eigenvalue weighted by atomic mass is 79.9. The molecule has 122 valence electrons. The van der Waals surface area contributed by atoms with Crippen molar-refractivity contribution < 1.29 is 18.7 Å². The van der Waals surface area contributed by atoms with E-state index in [-0.39, 0.29) is 11.7 Å². The van der Waals surface area contributed by atoms with Crippen LogP contribution in [-0.2, 0) is 17.6 Å². The highest BCUT2D eigenvalue weighted by molar-refractivity contribution is 9.10. The van der Waals surface area contributed by atoms with E-state index in [1.54, 1.807) is 12.1 Å². The molecular weight excluding hydrogens is 382 g/mol. The number of amides is 1. The molecule has 0 radical (unpaired) electrons. The molecule has 2 aromatic heterocycles. The number of carbonyl (C=O) groups excluding carboxylic acids is 2. The number of furan rings is 1. The molecular formula is C16H16BrNO4S. The molecule has 23 heavy (non-hydrogen) atoms. The van der Waals surface area contributed by atoms with Crippen LogP contribution in [0.25, 0.3) is 0 Å². The van der Waals surface area contributed by atoms with Gasteiger partial charge in [-0.2, -0.15) is 0 Å². The summed E-state index contributed by atoms with van der Waals surface area (Å²) >= 11 is 4.63. The van der Waals surface area contributed by atoms with Crippen LogP contribution in [0, 0.1) is 0 Å². The molecule has 2 aromatic rings. The maximum absolute atomic E-state index is 12.3. The molecule has 0 saturated heterocycles. The number of thiophene rings is 1. The van der Waals surface area contributed by atoms with Gasteiger partial charge < -0.3 is 14.5 Å². The van der Waals surface area contributed by atoms with Crippen molar-refractivity contribution >= 4 is 44.1 Å². The number of anilines is 1. The molecule has 1 aliphatic rings. The average Bonchev–Trinajstić information content (AvgIpc) is 3.03. The summed E-state index contributed by atoms with van der Waals surface area (Å²) in [6.45, 7) is 0. The molecule has 0 saturated carbocycles. The molecule has 3 rings (SSSR count). The van der Waals surface area contributed by atoms with Crippen LogP contribution < -0.4 is 5.32 Å². The largest absolute Gasteiger partial charge is 0.465 e. The van der Waals surface area contributed by atoms with E-state index in [9.17, 15) is 9.59 Å². The number of ether oxygens (including phenoxy) is 1. The molecule has 0 atom stereocenters. The maximum atomic E-state index is 12.3. The Bertz CT molecular complexity index is 749. The molecule has 0 aliphatic heterocycles. The first-order valence-corrected chi connectivity index (χ1v) is 9.00. The Balaban J connectivity index is 1.94. The summed E-state index contributed by atoms with van der Waals surface area (Å²) in [5, 5.41) is 3.34. The van der Waals surface area contributed by atoms with Gasteiger partial charge in [0, 0.05) is 4.88 Å². The third-order valence-electron chi connectivity index (χ3n) is 3.83. The minimum absolute atomic E-state index is 0.191. The van der Waals surface area contributed by atoms with Gasteiger partial charge in [0.25, 0.3) is 5.91 Å². The number of esters is 1. The first-order chi connectivity index (χ1) is 11.1. The Morgan fingerprint density at radius 3 is 2.74 bits per heavy atom. The second-order valence-electron chi connectivity index (χ2n) is 5.32. The highest BCUT2D eigenvalue weighted by Gasteiger charge is 2.26. The number of carbonyl (C=O) groups is 2. The fraction of sp³-hybridized carbons (Fsp3) is 0.375. The van der Waals surface area contributed by atoms with Gasteiger partial charge in [0.2, 0.25) is 0 Å². The normalized spacial score (nSPS) is 14.0. The number of fused-ring (bicyclic) bond motifs is 1. The molecule has 7 heteroatoms. The summed E-state index contributed by atoms with van der Waals surface area (Å²) in [7, 11) is 1.36. The van der Waals surface area contributed by atoms with E-state index in [4.69, 9.17) is 9.15 Å². The summed E-state index contributed by atoms with van der Waals surface area (Å²) in [6, 6.07) is 3.23. The Kier molecular flexibility index (Phi) is 4.87. The quantitative estimate of drug-likeness (QED) is 0.614. The summed E-state index contributed by atoms with van der Waals surface area (Å²) in [5.41, 5.74) is 1.52. The van der Waals surface area contributed by atoms with Crippen LogP contribution in [0.5, 0.6) is 0 Å². The lowest BCUT2D eigenvalue weighted by Gasteiger charge is -2.06. The van der Waals surface area contributed by atoms with Crippen LogP contribution >= 0.6 is 27.3 Å². The fourth-order valence-electron chi connectivity index (χ4n) is 2.75. The van der Waals surface area contributed by atoms with Gasteiger partial charge in [-0.05, 0) is 59.3 Å². The van der Waals surface area contributed by atoms with E-state index in [0.29, 0.717) is 15.2 Å². The van der Waals surface area contributed by atoms with Crippen molar-refractivity contribution in [3.05, 3.63) is 38.6 Å². The second kappa shape index (κ2) is 6.88. The molecule has 0 aromatic carbocycles. The predicted molar refractivity (Wildman–Crippen MR) is 91.3 cm³/mol. The third kappa shape index (κ3) is 3.35. The number of aryl methyl sites for hydroxylation is 1. The first kappa shape index (κ1) is 16.3. The van der Waals surface area contributed by atoms with E-state index < -0.39 is 5.97 Å². The van der Waals surface area contributed by atoms with Gasteiger partial charge in [0.1, 0.15) is 5.00 Å². The van der Waals surface area contributed by atoms with Gasteiger partial charge >= 0.3 is 5.97 Å². The summed E-state index contributed by atoms with van der Waals surface area (Å²) in [5.74, 6) is -0.589. The first-order valence-electron chi connectivity index (χ1n) is 7.39. The van der Waals surface area contributed by atoms with E-state index in [1.807, 2.05) is 0 Å². The molecule has 1 aliphatic carbocycles. The zero-order valence-electron chi connectivity index (χ0n) is 12.6. The lowest BCUT2D eigenvalue weighted by molar-refractivity contribution is 0.0601. The number of hydrogen-bond donors (Lipinski definition) is 1. The third-order valence-corrected chi connectivity index (χ3v) is 5.47. The van der Waals surface area contributed by atoms with Crippen molar-refractivity contribution in [3.8, 4) is 0 Å². The van der Waals surface area contributed by atoms with Crippen molar-refractivity contribution in [2.45, 2.75) is 32.1 Å². The lowest BCUT2D eigenvalue weighted by Crippen LogP contribution is -2.14. The molecule has 1 amide bonds. The molecule has 2 heterocycles. The number of rotatable bonds is 3. The highest BCUT2D eigenvalue weighted by Crippen LogP contribution is 2.38. The van der Waals surface area contributed by atoms with Gasteiger partial charge in [-0.1, -0.05) is 6.42 Å². The zero-order chi connectivity index (χ0) is 16.4. The Morgan fingerprint density at radius 1 is 1.26 bits per heavy atom. The fourth-order valence-corrected chi connectivity index (χ4v) is 4.33. The standard InChI is InChI=1S/C16H16BrNO4S/c1-21-16(20)13-9-5-3-2-4-6-11(9)23-15(13)18-14(19)10-7-8-12(17)22-10/h7-8H,2-6H2,1H3,(H,18,19). The Morgan fingerprint density at radius 2 is 2.04 bits per heavy atom. The van der Waals surface area contributed by atoms with Crippen LogP contribution in [0.2, 0.25) is 0 Å². The number of halogens is 1. The van der Waals surface area contributed by atoms with Crippen LogP contribution in [0.4, 0.5) is 5.00 Å². The Hall–Kier alpha value is -1.60. The minimum Gasteiger partial charge on any atom is -0.465 e. The molecule has 5 nitrogen and oxygen atoms in total. The zero-order valence-corrected chi connectivity index (χ0v) is 15.0. The summed E-state index contributed by atoms with van der Waals surface area (Å²) in [4.78, 5) is 25.7. The Labute approximate surface area is 146 Å².